The van der Waals surface area contributed by atoms with Crippen molar-refractivity contribution in [1.29, 1.82) is 0 Å². The summed E-state index contributed by atoms with van der Waals surface area (Å²) in [5, 5.41) is 0. The summed E-state index contributed by atoms with van der Waals surface area (Å²) in [4.78, 5) is 4.62. The molecule has 0 aliphatic heterocycles. The van der Waals surface area contributed by atoms with Gasteiger partial charge in [0.05, 0.1) is 16.8 Å². The Kier molecular flexibility index (Phi) is 7.04. The van der Waals surface area contributed by atoms with E-state index in [9.17, 15) is 4.39 Å². The highest BCUT2D eigenvalue weighted by Crippen LogP contribution is 2.37. The van der Waals surface area contributed by atoms with Gasteiger partial charge in [-0.1, -0.05) is 30.3 Å². The Hall–Kier alpha value is -2.66. The van der Waals surface area contributed by atoms with E-state index in [-0.39, 0.29) is 12.4 Å². The molecule has 0 atom stereocenters. The van der Waals surface area contributed by atoms with Gasteiger partial charge in [-0.3, -0.25) is 4.99 Å². The third-order valence-electron chi connectivity index (χ3n) is 4.59. The van der Waals surface area contributed by atoms with E-state index in [1.807, 2.05) is 31.2 Å². The van der Waals surface area contributed by atoms with Crippen LogP contribution in [-0.4, -0.2) is 12.8 Å². The van der Waals surface area contributed by atoms with E-state index in [1.54, 1.807) is 24.4 Å². The predicted molar refractivity (Wildman–Crippen MR) is 119 cm³/mol. The fourth-order valence-corrected chi connectivity index (χ4v) is 3.42. The van der Waals surface area contributed by atoms with Crippen molar-refractivity contribution in [3.05, 3.63) is 87.1 Å². The number of hydrogen-bond acceptors (Lipinski definition) is 3. The molecule has 0 aliphatic rings. The van der Waals surface area contributed by atoms with Crippen LogP contribution >= 0.6 is 15.9 Å². The maximum atomic E-state index is 13.9. The number of aryl methyl sites for hydroxylation is 1. The van der Waals surface area contributed by atoms with Gasteiger partial charge in [0, 0.05) is 11.8 Å². The summed E-state index contributed by atoms with van der Waals surface area (Å²) >= 11 is 3.55. The lowest BCUT2D eigenvalue weighted by Gasteiger charge is -2.15. The van der Waals surface area contributed by atoms with Crippen molar-refractivity contribution in [1.82, 2.24) is 0 Å². The minimum atomic E-state index is -0.293. The number of halogens is 2. The Bertz CT molecular complexity index is 1030. The van der Waals surface area contributed by atoms with Crippen molar-refractivity contribution in [2.45, 2.75) is 27.4 Å². The highest BCUT2D eigenvalue weighted by molar-refractivity contribution is 9.10. The second kappa shape index (κ2) is 9.70. The van der Waals surface area contributed by atoms with E-state index >= 15 is 0 Å². The van der Waals surface area contributed by atoms with E-state index in [0.29, 0.717) is 23.7 Å². The minimum absolute atomic E-state index is 0.112. The average molecular weight is 456 g/mol. The maximum Gasteiger partial charge on any atom is 0.175 e. The largest absolute Gasteiger partial charge is 0.490 e. The molecule has 0 fully saturated rings. The molecule has 3 aromatic carbocycles. The molecule has 29 heavy (non-hydrogen) atoms. The van der Waals surface area contributed by atoms with Crippen LogP contribution in [0.1, 0.15) is 29.2 Å². The molecule has 3 nitrogen and oxygen atoms in total. The summed E-state index contributed by atoms with van der Waals surface area (Å²) in [5.74, 6) is 0.832. The summed E-state index contributed by atoms with van der Waals surface area (Å²) in [5.41, 5.74) is 4.64. The highest BCUT2D eigenvalue weighted by atomic mass is 79.9. The fraction of sp³-hybridized carbons (Fsp3) is 0.208. The van der Waals surface area contributed by atoms with Gasteiger partial charge >= 0.3 is 0 Å². The van der Waals surface area contributed by atoms with Gasteiger partial charge < -0.3 is 9.47 Å². The topological polar surface area (TPSA) is 30.8 Å². The highest BCUT2D eigenvalue weighted by Gasteiger charge is 2.13. The van der Waals surface area contributed by atoms with Crippen LogP contribution in [0.25, 0.3) is 0 Å². The molecule has 0 saturated carbocycles. The van der Waals surface area contributed by atoms with Crippen molar-refractivity contribution in [2.75, 3.05) is 6.61 Å². The van der Waals surface area contributed by atoms with Gasteiger partial charge in [-0.05, 0) is 77.7 Å². The molecule has 0 unspecified atom stereocenters. The Morgan fingerprint density at radius 3 is 2.59 bits per heavy atom. The van der Waals surface area contributed by atoms with Crippen molar-refractivity contribution in [2.24, 2.45) is 4.99 Å². The van der Waals surface area contributed by atoms with Crippen molar-refractivity contribution < 1.29 is 13.9 Å². The van der Waals surface area contributed by atoms with Gasteiger partial charge in [0.15, 0.2) is 11.5 Å². The zero-order chi connectivity index (χ0) is 20.8. The SMILES string of the molecule is CCOc1cc(C=Nc2cccc(C)c2C)cc(Br)c1OCc1ccccc1F. The average Bonchev–Trinajstić information content (AvgIpc) is 2.70. The van der Waals surface area contributed by atoms with E-state index in [0.717, 1.165) is 21.3 Å². The van der Waals surface area contributed by atoms with Crippen LogP contribution in [0.2, 0.25) is 0 Å². The molecule has 5 heteroatoms. The standard InChI is InChI=1S/C24H23BrFNO2/c1-4-28-23-13-18(14-27-22-11-7-8-16(2)17(22)3)12-20(25)24(23)29-15-19-9-5-6-10-21(19)26/h5-14H,4,15H2,1-3H3. The van der Waals surface area contributed by atoms with E-state index in [1.165, 1.54) is 11.6 Å². The van der Waals surface area contributed by atoms with Crippen LogP contribution in [0.3, 0.4) is 0 Å². The molecule has 0 spiro atoms. The summed E-state index contributed by atoms with van der Waals surface area (Å²) in [6.45, 7) is 6.63. The van der Waals surface area contributed by atoms with Gasteiger partial charge in [-0.2, -0.15) is 0 Å². The fourth-order valence-electron chi connectivity index (χ4n) is 2.85. The van der Waals surface area contributed by atoms with Gasteiger partial charge in [0.2, 0.25) is 0 Å². The molecule has 0 amide bonds. The van der Waals surface area contributed by atoms with Crippen LogP contribution in [0.4, 0.5) is 10.1 Å². The Balaban J connectivity index is 1.87. The number of nitrogens with zero attached hydrogens (tertiary/aromatic N) is 1. The molecule has 0 aliphatic carbocycles. The lowest BCUT2D eigenvalue weighted by atomic mass is 10.1. The first-order chi connectivity index (χ1) is 14.0. The Morgan fingerprint density at radius 1 is 1.03 bits per heavy atom. The van der Waals surface area contributed by atoms with Crippen molar-refractivity contribution in [3.8, 4) is 11.5 Å². The van der Waals surface area contributed by atoms with Crippen LogP contribution in [0, 0.1) is 19.7 Å². The first kappa shape index (κ1) is 21.1. The molecule has 0 saturated heterocycles. The molecule has 0 radical (unpaired) electrons. The summed E-state index contributed by atoms with van der Waals surface area (Å²) in [6, 6.07) is 16.4. The van der Waals surface area contributed by atoms with E-state index in [2.05, 4.69) is 40.8 Å². The van der Waals surface area contributed by atoms with Gasteiger partial charge in [0.25, 0.3) is 0 Å². The van der Waals surface area contributed by atoms with Crippen LogP contribution in [0.5, 0.6) is 11.5 Å². The van der Waals surface area contributed by atoms with Gasteiger partial charge in [0.1, 0.15) is 12.4 Å². The summed E-state index contributed by atoms with van der Waals surface area (Å²) < 4.78 is 26.3. The predicted octanol–water partition coefficient (Wildman–Crippen LogP) is 6.93. The van der Waals surface area contributed by atoms with E-state index < -0.39 is 0 Å². The van der Waals surface area contributed by atoms with Crippen LogP contribution in [0.15, 0.2) is 64.1 Å². The van der Waals surface area contributed by atoms with Crippen LogP contribution < -0.4 is 9.47 Å². The third-order valence-corrected chi connectivity index (χ3v) is 5.18. The number of hydrogen-bond donors (Lipinski definition) is 0. The zero-order valence-corrected chi connectivity index (χ0v) is 18.3. The molecule has 0 N–H and O–H groups in total. The van der Waals surface area contributed by atoms with Crippen molar-refractivity contribution >= 4 is 27.8 Å². The number of benzene rings is 3. The molecule has 0 heterocycles. The van der Waals surface area contributed by atoms with Gasteiger partial charge in [-0.25, -0.2) is 4.39 Å². The second-order valence-electron chi connectivity index (χ2n) is 6.62. The molecular formula is C24H23BrFNO2. The minimum Gasteiger partial charge on any atom is -0.490 e. The quantitative estimate of drug-likeness (QED) is 0.361. The van der Waals surface area contributed by atoms with Crippen LogP contribution in [-0.2, 0) is 6.61 Å². The third kappa shape index (κ3) is 5.24. The van der Waals surface area contributed by atoms with Gasteiger partial charge in [-0.15, -0.1) is 0 Å². The molecule has 150 valence electrons. The Labute approximate surface area is 179 Å². The number of ether oxygens (including phenoxy) is 2. The zero-order valence-electron chi connectivity index (χ0n) is 16.7. The summed E-state index contributed by atoms with van der Waals surface area (Å²) in [6.07, 6.45) is 1.80. The Morgan fingerprint density at radius 2 is 1.83 bits per heavy atom. The lowest BCUT2D eigenvalue weighted by Crippen LogP contribution is -2.02. The van der Waals surface area contributed by atoms with E-state index in [4.69, 9.17) is 9.47 Å². The molecule has 3 rings (SSSR count). The first-order valence-electron chi connectivity index (χ1n) is 9.42. The molecule has 3 aromatic rings. The number of aliphatic imine (C=N–C) groups is 1. The normalized spacial score (nSPS) is 11.1. The number of rotatable bonds is 7. The smallest absolute Gasteiger partial charge is 0.175 e. The lowest BCUT2D eigenvalue weighted by molar-refractivity contribution is 0.264. The molecule has 0 aromatic heterocycles. The van der Waals surface area contributed by atoms with Crippen molar-refractivity contribution in [3.63, 3.8) is 0 Å². The molecular weight excluding hydrogens is 433 g/mol. The first-order valence-corrected chi connectivity index (χ1v) is 10.2. The molecule has 0 bridgehead atoms. The second-order valence-corrected chi connectivity index (χ2v) is 7.47. The maximum absolute atomic E-state index is 13.9. The summed E-state index contributed by atoms with van der Waals surface area (Å²) in [7, 11) is 0. The monoisotopic (exact) mass is 455 g/mol.